The fraction of sp³-hybridized carbons (Fsp3) is 0.158. The van der Waals surface area contributed by atoms with Gasteiger partial charge in [0.15, 0.2) is 5.96 Å². The summed E-state index contributed by atoms with van der Waals surface area (Å²) in [5.74, 6) is 1.41. The third kappa shape index (κ3) is 4.00. The van der Waals surface area contributed by atoms with E-state index in [9.17, 15) is 4.39 Å². The number of nitrogens with two attached hydrogens (primary N) is 1. The van der Waals surface area contributed by atoms with Gasteiger partial charge in [-0.1, -0.05) is 6.07 Å². The molecule has 0 spiro atoms. The van der Waals surface area contributed by atoms with Gasteiger partial charge in [0.25, 0.3) is 0 Å². The number of nitrogens with one attached hydrogen (secondary N) is 1. The molecule has 134 valence electrons. The van der Waals surface area contributed by atoms with Crippen LogP contribution in [0.4, 0.5) is 10.1 Å². The maximum Gasteiger partial charge on any atom is 0.193 e. The normalized spacial score (nSPS) is 11.4. The summed E-state index contributed by atoms with van der Waals surface area (Å²) < 4.78 is 21.2. The van der Waals surface area contributed by atoms with Crippen molar-refractivity contribution in [3.05, 3.63) is 72.1 Å². The van der Waals surface area contributed by atoms with Gasteiger partial charge in [0.1, 0.15) is 17.4 Å². The molecule has 3 N–H and O–H groups in total. The van der Waals surface area contributed by atoms with Gasteiger partial charge in [-0.25, -0.2) is 14.4 Å². The number of halogens is 1. The van der Waals surface area contributed by atoms with Gasteiger partial charge >= 0.3 is 0 Å². The Morgan fingerprint density at radius 1 is 1.27 bits per heavy atom. The lowest BCUT2D eigenvalue weighted by atomic mass is 10.2. The highest BCUT2D eigenvalue weighted by atomic mass is 19.1. The molecular formula is C19H20FN5O. The Bertz CT molecular complexity index is 918. The molecule has 0 aliphatic carbocycles. The van der Waals surface area contributed by atoms with E-state index in [1.165, 1.54) is 6.07 Å². The number of guanidine groups is 1. The van der Waals surface area contributed by atoms with Crippen molar-refractivity contribution in [3.8, 4) is 11.4 Å². The molecule has 0 unspecified atom stereocenters. The number of rotatable bonds is 5. The van der Waals surface area contributed by atoms with Crippen LogP contribution >= 0.6 is 0 Å². The minimum absolute atomic E-state index is 0.255. The Morgan fingerprint density at radius 3 is 2.65 bits per heavy atom. The first kappa shape index (κ1) is 17.5. The quantitative estimate of drug-likeness (QED) is 0.545. The lowest BCUT2D eigenvalue weighted by molar-refractivity contribution is 0.415. The van der Waals surface area contributed by atoms with Crippen LogP contribution in [0.3, 0.4) is 0 Å². The summed E-state index contributed by atoms with van der Waals surface area (Å²) >= 11 is 0. The molecule has 0 atom stereocenters. The third-order valence-electron chi connectivity index (χ3n) is 3.89. The minimum Gasteiger partial charge on any atom is -0.497 e. The van der Waals surface area contributed by atoms with Crippen molar-refractivity contribution in [2.45, 2.75) is 13.5 Å². The number of benzene rings is 2. The van der Waals surface area contributed by atoms with E-state index in [2.05, 4.69) is 15.3 Å². The van der Waals surface area contributed by atoms with Gasteiger partial charge in [-0.3, -0.25) is 0 Å². The molecule has 1 aromatic heterocycles. The molecule has 0 aliphatic rings. The number of ether oxygens (including phenoxy) is 1. The first-order valence-corrected chi connectivity index (χ1v) is 8.06. The number of anilines is 1. The van der Waals surface area contributed by atoms with Crippen molar-refractivity contribution in [2.24, 2.45) is 10.7 Å². The van der Waals surface area contributed by atoms with Gasteiger partial charge in [-0.2, -0.15) is 0 Å². The summed E-state index contributed by atoms with van der Waals surface area (Å²) in [5, 5.41) is 2.99. The maximum atomic E-state index is 14.4. The van der Waals surface area contributed by atoms with Gasteiger partial charge in [0, 0.05) is 18.1 Å². The smallest absolute Gasteiger partial charge is 0.193 e. The zero-order chi connectivity index (χ0) is 18.5. The molecule has 0 bridgehead atoms. The molecule has 0 saturated heterocycles. The minimum atomic E-state index is -0.333. The van der Waals surface area contributed by atoms with Crippen LogP contribution in [-0.4, -0.2) is 22.6 Å². The Hall–Kier alpha value is -3.35. The summed E-state index contributed by atoms with van der Waals surface area (Å²) in [7, 11) is 1.61. The highest BCUT2D eigenvalue weighted by Gasteiger charge is 2.08. The summed E-state index contributed by atoms with van der Waals surface area (Å²) in [6, 6.07) is 12.3. The first-order chi connectivity index (χ1) is 12.6. The van der Waals surface area contributed by atoms with Gasteiger partial charge in [0.05, 0.1) is 19.3 Å². The molecule has 0 fully saturated rings. The van der Waals surface area contributed by atoms with Crippen LogP contribution in [0, 0.1) is 12.7 Å². The highest BCUT2D eigenvalue weighted by molar-refractivity contribution is 5.92. The van der Waals surface area contributed by atoms with E-state index in [0.29, 0.717) is 5.69 Å². The molecule has 0 amide bonds. The molecule has 1 heterocycles. The van der Waals surface area contributed by atoms with Crippen molar-refractivity contribution < 1.29 is 9.13 Å². The number of methoxy groups -OCH3 is 1. The van der Waals surface area contributed by atoms with Gasteiger partial charge in [-0.05, 0) is 48.9 Å². The lowest BCUT2D eigenvalue weighted by Crippen LogP contribution is -2.22. The molecule has 3 aromatic rings. The van der Waals surface area contributed by atoms with E-state index in [1.54, 1.807) is 30.1 Å². The second-order valence-corrected chi connectivity index (χ2v) is 5.69. The number of hydrogen-bond donors (Lipinski definition) is 2. The molecule has 0 saturated carbocycles. The van der Waals surface area contributed by atoms with Crippen LogP contribution < -0.4 is 15.8 Å². The van der Waals surface area contributed by atoms with Crippen molar-refractivity contribution in [1.82, 2.24) is 9.55 Å². The zero-order valence-electron chi connectivity index (χ0n) is 14.6. The number of hydrogen-bond acceptors (Lipinski definition) is 3. The second-order valence-electron chi connectivity index (χ2n) is 5.69. The van der Waals surface area contributed by atoms with E-state index in [4.69, 9.17) is 10.5 Å². The molecule has 26 heavy (non-hydrogen) atoms. The molecule has 6 nitrogen and oxygen atoms in total. The number of aliphatic imine (C=N–C) groups is 1. The SMILES string of the molecule is COc1ccc(NC(N)=NCc2ccc(-n3ccnc3C)c(F)c2)cc1. The Balaban J connectivity index is 1.67. The monoisotopic (exact) mass is 353 g/mol. The topological polar surface area (TPSA) is 77.5 Å². The molecule has 2 aromatic carbocycles. The van der Waals surface area contributed by atoms with Gasteiger partial charge in [0.2, 0.25) is 0 Å². The van der Waals surface area contributed by atoms with Crippen molar-refractivity contribution >= 4 is 11.6 Å². The Labute approximate surface area is 151 Å². The van der Waals surface area contributed by atoms with E-state index in [-0.39, 0.29) is 18.3 Å². The standard InChI is InChI=1S/C19H20FN5O/c1-13-22-9-10-25(13)18-8-3-14(11-17(18)20)12-23-19(21)24-15-4-6-16(26-2)7-5-15/h3-11H,12H2,1-2H3,(H3,21,23,24). The van der Waals surface area contributed by atoms with E-state index < -0.39 is 0 Å². The van der Waals surface area contributed by atoms with Crippen LogP contribution in [0.25, 0.3) is 5.69 Å². The van der Waals surface area contributed by atoms with Crippen LogP contribution in [0.15, 0.2) is 59.9 Å². The number of nitrogens with zero attached hydrogens (tertiary/aromatic N) is 3. The van der Waals surface area contributed by atoms with Crippen LogP contribution in [-0.2, 0) is 6.54 Å². The van der Waals surface area contributed by atoms with Gasteiger partial charge < -0.3 is 20.4 Å². The van der Waals surface area contributed by atoms with Crippen molar-refractivity contribution in [3.63, 3.8) is 0 Å². The Morgan fingerprint density at radius 2 is 2.04 bits per heavy atom. The third-order valence-corrected chi connectivity index (χ3v) is 3.89. The predicted molar refractivity (Wildman–Crippen MR) is 100 cm³/mol. The van der Waals surface area contributed by atoms with Crippen LogP contribution in [0.1, 0.15) is 11.4 Å². The summed E-state index contributed by atoms with van der Waals surface area (Å²) in [5.41, 5.74) is 7.87. The average Bonchev–Trinajstić information content (AvgIpc) is 3.06. The van der Waals surface area contributed by atoms with E-state index in [1.807, 2.05) is 37.3 Å². The van der Waals surface area contributed by atoms with Gasteiger partial charge in [-0.15, -0.1) is 0 Å². The molecule has 0 radical (unpaired) electrons. The van der Waals surface area contributed by atoms with Crippen LogP contribution in [0.2, 0.25) is 0 Å². The molecule has 7 heteroatoms. The Kier molecular flexibility index (Phi) is 5.17. The zero-order valence-corrected chi connectivity index (χ0v) is 14.6. The fourth-order valence-corrected chi connectivity index (χ4v) is 2.51. The summed E-state index contributed by atoms with van der Waals surface area (Å²) in [6.07, 6.45) is 3.36. The lowest BCUT2D eigenvalue weighted by Gasteiger charge is -2.09. The summed E-state index contributed by atoms with van der Waals surface area (Å²) in [6.45, 7) is 2.10. The number of aromatic nitrogens is 2. The molecule has 3 rings (SSSR count). The van der Waals surface area contributed by atoms with Crippen molar-refractivity contribution in [1.29, 1.82) is 0 Å². The predicted octanol–water partition coefficient (Wildman–Crippen LogP) is 3.26. The number of imidazole rings is 1. The fourth-order valence-electron chi connectivity index (χ4n) is 2.51. The van der Waals surface area contributed by atoms with Crippen molar-refractivity contribution in [2.75, 3.05) is 12.4 Å². The maximum absolute atomic E-state index is 14.4. The van der Waals surface area contributed by atoms with Crippen LogP contribution in [0.5, 0.6) is 5.75 Å². The molecule has 0 aliphatic heterocycles. The highest BCUT2D eigenvalue weighted by Crippen LogP contribution is 2.18. The van der Waals surface area contributed by atoms with E-state index in [0.717, 1.165) is 22.8 Å². The van der Waals surface area contributed by atoms with E-state index >= 15 is 0 Å². The summed E-state index contributed by atoms with van der Waals surface area (Å²) in [4.78, 5) is 8.36. The second kappa shape index (κ2) is 7.69. The molecular weight excluding hydrogens is 333 g/mol. The largest absolute Gasteiger partial charge is 0.497 e. The number of aryl methyl sites for hydroxylation is 1. The first-order valence-electron chi connectivity index (χ1n) is 8.06. The average molecular weight is 353 g/mol.